The zero-order valence-electron chi connectivity index (χ0n) is 16.3. The van der Waals surface area contributed by atoms with E-state index < -0.39 is 0 Å². The summed E-state index contributed by atoms with van der Waals surface area (Å²) in [5.41, 5.74) is 0.626. The molecule has 6 nitrogen and oxygen atoms in total. The van der Waals surface area contributed by atoms with Crippen molar-refractivity contribution in [2.45, 2.75) is 50.9 Å². The number of nitrogens with one attached hydrogen (secondary N) is 1. The molecule has 1 saturated carbocycles. The topological polar surface area (TPSA) is 75.2 Å². The molecule has 29 heavy (non-hydrogen) atoms. The number of benzene rings is 1. The second-order valence-corrected chi connectivity index (χ2v) is 9.31. The normalized spacial score (nSPS) is 20.4. The molecule has 1 aliphatic heterocycles. The summed E-state index contributed by atoms with van der Waals surface area (Å²) in [6.45, 7) is 1.51. The molecule has 2 aliphatic rings. The first kappa shape index (κ1) is 20.3. The van der Waals surface area contributed by atoms with E-state index in [2.05, 4.69) is 15.5 Å². The molecule has 8 heteroatoms. The van der Waals surface area contributed by atoms with E-state index in [4.69, 9.17) is 11.6 Å². The number of amides is 2. The SMILES string of the molecule is O=C(Nc1cccc(Cl)c1)c1nnc([C@@H]2CCCN(C(=O)C3CCCCC3)C2)s1. The molecule has 0 radical (unpaired) electrons. The van der Waals surface area contributed by atoms with Gasteiger partial charge >= 0.3 is 0 Å². The summed E-state index contributed by atoms with van der Waals surface area (Å²) in [6, 6.07) is 7.01. The van der Waals surface area contributed by atoms with Crippen LogP contribution in [-0.4, -0.2) is 40.0 Å². The second-order valence-electron chi connectivity index (χ2n) is 7.87. The monoisotopic (exact) mass is 432 g/mol. The van der Waals surface area contributed by atoms with Crippen molar-refractivity contribution in [2.75, 3.05) is 18.4 Å². The number of hydrogen-bond acceptors (Lipinski definition) is 5. The molecule has 1 aromatic carbocycles. The van der Waals surface area contributed by atoms with Gasteiger partial charge in [0, 0.05) is 35.6 Å². The molecule has 2 heterocycles. The second kappa shape index (κ2) is 9.22. The van der Waals surface area contributed by atoms with Gasteiger partial charge in [-0.2, -0.15) is 0 Å². The average Bonchev–Trinajstić information content (AvgIpc) is 3.25. The summed E-state index contributed by atoms with van der Waals surface area (Å²) < 4.78 is 0. The van der Waals surface area contributed by atoms with Gasteiger partial charge in [-0.15, -0.1) is 10.2 Å². The molecule has 0 spiro atoms. The molecule has 2 aromatic rings. The maximum Gasteiger partial charge on any atom is 0.286 e. The number of hydrogen-bond donors (Lipinski definition) is 1. The Labute approximate surface area is 179 Å². The molecule has 1 saturated heterocycles. The fraction of sp³-hybridized carbons (Fsp3) is 0.524. The first-order valence-corrected chi connectivity index (χ1v) is 11.5. The van der Waals surface area contributed by atoms with Gasteiger partial charge in [0.1, 0.15) is 5.01 Å². The molecule has 2 fully saturated rings. The number of rotatable bonds is 4. The van der Waals surface area contributed by atoms with Gasteiger partial charge in [-0.05, 0) is 43.9 Å². The van der Waals surface area contributed by atoms with Crippen LogP contribution in [0, 0.1) is 5.92 Å². The van der Waals surface area contributed by atoms with E-state index in [1.54, 1.807) is 24.3 Å². The van der Waals surface area contributed by atoms with Crippen molar-refractivity contribution in [3.05, 3.63) is 39.3 Å². The van der Waals surface area contributed by atoms with Crippen LogP contribution in [-0.2, 0) is 4.79 Å². The zero-order valence-corrected chi connectivity index (χ0v) is 17.8. The van der Waals surface area contributed by atoms with Gasteiger partial charge in [0.2, 0.25) is 10.9 Å². The Morgan fingerprint density at radius 3 is 2.72 bits per heavy atom. The van der Waals surface area contributed by atoms with Gasteiger partial charge in [-0.25, -0.2) is 0 Å². The van der Waals surface area contributed by atoms with Crippen molar-refractivity contribution in [2.24, 2.45) is 5.92 Å². The summed E-state index contributed by atoms with van der Waals surface area (Å²) in [6.07, 6.45) is 7.55. The minimum Gasteiger partial charge on any atom is -0.342 e. The molecule has 0 unspecified atom stereocenters. The van der Waals surface area contributed by atoms with Crippen LogP contribution < -0.4 is 5.32 Å². The number of anilines is 1. The van der Waals surface area contributed by atoms with Gasteiger partial charge in [-0.3, -0.25) is 9.59 Å². The first-order chi connectivity index (χ1) is 14.1. The van der Waals surface area contributed by atoms with Gasteiger partial charge in [0.05, 0.1) is 0 Å². The number of nitrogens with zero attached hydrogens (tertiary/aromatic N) is 3. The average molecular weight is 433 g/mol. The third-order valence-corrected chi connectivity index (χ3v) is 7.07. The Kier molecular flexibility index (Phi) is 6.45. The molecule has 154 valence electrons. The van der Waals surface area contributed by atoms with Crippen molar-refractivity contribution in [3.63, 3.8) is 0 Å². The van der Waals surface area contributed by atoms with Crippen LogP contribution >= 0.6 is 22.9 Å². The lowest BCUT2D eigenvalue weighted by Gasteiger charge is -2.35. The highest BCUT2D eigenvalue weighted by Crippen LogP contribution is 2.32. The van der Waals surface area contributed by atoms with Crippen molar-refractivity contribution in [1.29, 1.82) is 0 Å². The largest absolute Gasteiger partial charge is 0.342 e. The van der Waals surface area contributed by atoms with E-state index in [1.165, 1.54) is 17.8 Å². The highest BCUT2D eigenvalue weighted by atomic mass is 35.5. The Hall–Kier alpha value is -1.99. The smallest absolute Gasteiger partial charge is 0.286 e. The van der Waals surface area contributed by atoms with Crippen molar-refractivity contribution in [1.82, 2.24) is 15.1 Å². The van der Waals surface area contributed by atoms with Crippen LogP contribution in [0.5, 0.6) is 0 Å². The minimum atomic E-state index is -0.290. The third-order valence-electron chi connectivity index (χ3n) is 5.75. The lowest BCUT2D eigenvalue weighted by Crippen LogP contribution is -2.42. The fourth-order valence-electron chi connectivity index (χ4n) is 4.23. The summed E-state index contributed by atoms with van der Waals surface area (Å²) in [5, 5.41) is 12.9. The summed E-state index contributed by atoms with van der Waals surface area (Å²) in [5.74, 6) is 0.359. The van der Waals surface area contributed by atoms with E-state index in [0.717, 1.165) is 50.1 Å². The Morgan fingerprint density at radius 2 is 1.93 bits per heavy atom. The van der Waals surface area contributed by atoms with Gasteiger partial charge in [-0.1, -0.05) is 48.3 Å². The maximum absolute atomic E-state index is 12.9. The number of carbonyl (C=O) groups is 2. The van der Waals surface area contributed by atoms with E-state index in [1.807, 2.05) is 4.90 Å². The Morgan fingerprint density at radius 1 is 1.10 bits per heavy atom. The van der Waals surface area contributed by atoms with Crippen LogP contribution in [0.2, 0.25) is 5.02 Å². The molecule has 0 bridgehead atoms. The number of likely N-dealkylation sites (tertiary alicyclic amines) is 1. The van der Waals surface area contributed by atoms with Crippen LogP contribution in [0.3, 0.4) is 0 Å². The zero-order chi connectivity index (χ0) is 20.2. The van der Waals surface area contributed by atoms with E-state index in [0.29, 0.717) is 28.2 Å². The molecule has 4 rings (SSSR count). The van der Waals surface area contributed by atoms with Crippen LogP contribution in [0.4, 0.5) is 5.69 Å². The molecule has 1 aliphatic carbocycles. The number of carbonyl (C=O) groups excluding carboxylic acids is 2. The lowest BCUT2D eigenvalue weighted by atomic mass is 9.87. The van der Waals surface area contributed by atoms with E-state index in [9.17, 15) is 9.59 Å². The Balaban J connectivity index is 1.39. The molecular weight excluding hydrogens is 408 g/mol. The van der Waals surface area contributed by atoms with Crippen LogP contribution in [0.25, 0.3) is 0 Å². The lowest BCUT2D eigenvalue weighted by molar-refractivity contribution is -0.137. The van der Waals surface area contributed by atoms with Gasteiger partial charge < -0.3 is 10.2 Å². The highest BCUT2D eigenvalue weighted by Gasteiger charge is 2.32. The van der Waals surface area contributed by atoms with E-state index >= 15 is 0 Å². The fourth-order valence-corrected chi connectivity index (χ4v) is 5.28. The number of aromatic nitrogens is 2. The van der Waals surface area contributed by atoms with Crippen molar-refractivity contribution >= 4 is 40.4 Å². The minimum absolute atomic E-state index is 0.154. The van der Waals surface area contributed by atoms with E-state index in [-0.39, 0.29) is 17.7 Å². The molecule has 1 aromatic heterocycles. The van der Waals surface area contributed by atoms with Crippen LogP contribution in [0.15, 0.2) is 24.3 Å². The number of piperidine rings is 1. The third kappa shape index (κ3) is 4.95. The summed E-state index contributed by atoms with van der Waals surface area (Å²) >= 11 is 7.28. The maximum atomic E-state index is 12.9. The van der Waals surface area contributed by atoms with Crippen LogP contribution in [0.1, 0.15) is 65.7 Å². The van der Waals surface area contributed by atoms with Gasteiger partial charge in [0.15, 0.2) is 0 Å². The quantitative estimate of drug-likeness (QED) is 0.757. The van der Waals surface area contributed by atoms with Crippen molar-refractivity contribution in [3.8, 4) is 0 Å². The highest BCUT2D eigenvalue weighted by molar-refractivity contribution is 7.13. The molecule has 2 amide bonds. The summed E-state index contributed by atoms with van der Waals surface area (Å²) in [4.78, 5) is 27.4. The standard InChI is InChI=1S/C21H25ClN4O2S/c22-16-9-4-10-17(12-16)23-18(27)20-25-24-19(29-20)15-8-5-11-26(13-15)21(28)14-6-2-1-3-7-14/h4,9-10,12,14-15H,1-3,5-8,11,13H2,(H,23,27)/t15-/m1/s1. The van der Waals surface area contributed by atoms with Gasteiger partial charge in [0.25, 0.3) is 5.91 Å². The molecule has 1 N–H and O–H groups in total. The summed E-state index contributed by atoms with van der Waals surface area (Å²) in [7, 11) is 0. The Bertz CT molecular complexity index is 881. The van der Waals surface area contributed by atoms with Crippen molar-refractivity contribution < 1.29 is 9.59 Å². The predicted octanol–water partition coefficient (Wildman–Crippen LogP) is 4.73. The number of halogens is 1. The molecule has 1 atom stereocenters. The predicted molar refractivity (Wildman–Crippen MR) is 114 cm³/mol. The molecular formula is C21H25ClN4O2S. The first-order valence-electron chi connectivity index (χ1n) is 10.3.